The van der Waals surface area contributed by atoms with Crippen LogP contribution in [0, 0.1) is 6.92 Å². The number of rotatable bonds is 3. The molecule has 0 atom stereocenters. The molecule has 0 spiro atoms. The molecule has 0 fully saturated rings. The van der Waals surface area contributed by atoms with E-state index in [1.165, 1.54) is 0 Å². The Morgan fingerprint density at radius 2 is 1.65 bits per heavy atom. The molecule has 0 aromatic heterocycles. The zero-order valence-electron chi connectivity index (χ0n) is 8.71. The topological polar surface area (TPSA) is 133 Å². The summed E-state index contributed by atoms with van der Waals surface area (Å²) in [6.07, 6.45) is 0. The van der Waals surface area contributed by atoms with Gasteiger partial charge in [-0.05, 0) is 24.1 Å². The average Bonchev–Trinajstić information content (AvgIpc) is 2.12. The molecule has 0 saturated carbocycles. The molecule has 7 nitrogen and oxygen atoms in total. The zero-order chi connectivity index (χ0) is 13.4. The van der Waals surface area contributed by atoms with Crippen molar-refractivity contribution >= 4 is 20.2 Å². The molecule has 0 heterocycles. The maximum Gasteiger partial charge on any atom is 0.295 e. The van der Waals surface area contributed by atoms with Gasteiger partial charge in [-0.2, -0.15) is 16.8 Å². The fourth-order valence-electron chi connectivity index (χ4n) is 1.51. The standard InChI is InChI=1S/C8H10NO6S2/c1-5-7(16(10,11)12)3-2-6(4-9)8(5)17(13,14)15/h2-3,9H,4H2,1H3,(H,10,11,12)(H,13,14,15). The number of benzene rings is 1. The van der Waals surface area contributed by atoms with Gasteiger partial charge in [0.1, 0.15) is 4.90 Å². The predicted octanol–water partition coefficient (Wildman–Crippen LogP) is 0.271. The van der Waals surface area contributed by atoms with Crippen molar-refractivity contribution in [2.75, 3.05) is 0 Å². The van der Waals surface area contributed by atoms with Gasteiger partial charge in [-0.3, -0.25) is 14.8 Å². The number of hydrogen-bond acceptors (Lipinski definition) is 4. The largest absolute Gasteiger partial charge is 0.295 e. The Morgan fingerprint density at radius 3 is 2.00 bits per heavy atom. The summed E-state index contributed by atoms with van der Waals surface area (Å²) in [4.78, 5) is -1.26. The minimum Gasteiger partial charge on any atom is -0.282 e. The highest BCUT2D eigenvalue weighted by Gasteiger charge is 2.24. The maximum atomic E-state index is 11.1. The molecule has 1 radical (unpaired) electrons. The van der Waals surface area contributed by atoms with Crippen LogP contribution in [0.25, 0.3) is 0 Å². The van der Waals surface area contributed by atoms with Crippen molar-refractivity contribution in [3.63, 3.8) is 0 Å². The Kier molecular flexibility index (Phi) is 3.60. The first-order chi connectivity index (χ1) is 7.59. The molecule has 1 aromatic rings. The second kappa shape index (κ2) is 4.35. The van der Waals surface area contributed by atoms with Crippen LogP contribution in [-0.4, -0.2) is 25.9 Å². The van der Waals surface area contributed by atoms with E-state index >= 15 is 0 Å². The van der Waals surface area contributed by atoms with Crippen LogP contribution >= 0.6 is 0 Å². The first-order valence-electron chi connectivity index (χ1n) is 4.31. The Bertz CT molecular complexity index is 647. The lowest BCUT2D eigenvalue weighted by Crippen LogP contribution is -2.11. The van der Waals surface area contributed by atoms with Crippen LogP contribution in [0.1, 0.15) is 11.1 Å². The van der Waals surface area contributed by atoms with E-state index in [0.29, 0.717) is 0 Å². The van der Waals surface area contributed by atoms with Gasteiger partial charge in [-0.25, -0.2) is 0 Å². The third-order valence-electron chi connectivity index (χ3n) is 2.16. The molecular formula is C8H10NO6S2. The Morgan fingerprint density at radius 1 is 1.12 bits per heavy atom. The van der Waals surface area contributed by atoms with Crippen molar-refractivity contribution in [3.05, 3.63) is 23.3 Å². The second-order valence-electron chi connectivity index (χ2n) is 3.30. The van der Waals surface area contributed by atoms with Crippen LogP contribution in [0.2, 0.25) is 0 Å². The summed E-state index contributed by atoms with van der Waals surface area (Å²) >= 11 is 0. The Labute approximate surface area is 98.8 Å². The van der Waals surface area contributed by atoms with Gasteiger partial charge < -0.3 is 0 Å². The fourth-order valence-corrected chi connectivity index (χ4v) is 3.27. The average molecular weight is 280 g/mol. The SMILES string of the molecule is Cc1c(S(=O)(=O)O)ccc(C[NH])c1S(=O)(=O)O. The predicted molar refractivity (Wildman–Crippen MR) is 57.6 cm³/mol. The lowest BCUT2D eigenvalue weighted by molar-refractivity contribution is 0.478. The lowest BCUT2D eigenvalue weighted by atomic mass is 10.1. The van der Waals surface area contributed by atoms with Gasteiger partial charge in [-0.1, -0.05) is 6.07 Å². The van der Waals surface area contributed by atoms with E-state index in [-0.39, 0.29) is 11.1 Å². The van der Waals surface area contributed by atoms with Crippen LogP contribution in [-0.2, 0) is 26.8 Å². The summed E-state index contributed by atoms with van der Waals surface area (Å²) in [5.41, 5.74) is 6.75. The van der Waals surface area contributed by atoms with E-state index < -0.39 is 36.6 Å². The first-order valence-corrected chi connectivity index (χ1v) is 7.19. The maximum absolute atomic E-state index is 11.1. The summed E-state index contributed by atoms with van der Waals surface area (Å²) in [6, 6.07) is 2.05. The molecular weight excluding hydrogens is 270 g/mol. The molecule has 0 aliphatic rings. The third-order valence-corrected chi connectivity index (χ3v) is 4.25. The summed E-state index contributed by atoms with van der Waals surface area (Å²) in [5, 5.41) is 0. The third kappa shape index (κ3) is 2.82. The quantitative estimate of drug-likeness (QED) is 0.763. The van der Waals surface area contributed by atoms with Gasteiger partial charge in [0.05, 0.1) is 4.90 Å². The molecule has 9 heteroatoms. The molecule has 0 bridgehead atoms. The van der Waals surface area contributed by atoms with Crippen LogP contribution in [0.4, 0.5) is 0 Å². The summed E-state index contributed by atoms with van der Waals surface area (Å²) in [5.74, 6) is 0. The molecule has 0 aliphatic carbocycles. The minimum absolute atomic E-state index is 0.0441. The highest BCUT2D eigenvalue weighted by atomic mass is 32.2. The molecule has 0 saturated heterocycles. The molecule has 17 heavy (non-hydrogen) atoms. The van der Waals surface area contributed by atoms with E-state index in [9.17, 15) is 16.8 Å². The number of hydrogen-bond donors (Lipinski definition) is 2. The van der Waals surface area contributed by atoms with E-state index in [2.05, 4.69) is 0 Å². The van der Waals surface area contributed by atoms with Gasteiger partial charge >= 0.3 is 0 Å². The summed E-state index contributed by atoms with van der Waals surface area (Å²) in [6.45, 7) is 0.688. The van der Waals surface area contributed by atoms with Crippen LogP contribution in [0.5, 0.6) is 0 Å². The normalized spacial score (nSPS) is 12.7. The van der Waals surface area contributed by atoms with Crippen molar-refractivity contribution in [1.29, 1.82) is 0 Å². The van der Waals surface area contributed by atoms with E-state index in [0.717, 1.165) is 19.1 Å². The van der Waals surface area contributed by atoms with Crippen molar-refractivity contribution in [1.82, 2.24) is 5.73 Å². The van der Waals surface area contributed by atoms with E-state index in [4.69, 9.17) is 14.8 Å². The van der Waals surface area contributed by atoms with Crippen LogP contribution in [0.3, 0.4) is 0 Å². The second-order valence-corrected chi connectivity index (χ2v) is 6.05. The van der Waals surface area contributed by atoms with Gasteiger partial charge in [0.15, 0.2) is 0 Å². The van der Waals surface area contributed by atoms with Crippen molar-refractivity contribution in [2.45, 2.75) is 23.3 Å². The molecule has 1 aromatic carbocycles. The van der Waals surface area contributed by atoms with Crippen LogP contribution < -0.4 is 5.73 Å². The highest BCUT2D eigenvalue weighted by molar-refractivity contribution is 7.86. The first kappa shape index (κ1) is 14.1. The van der Waals surface area contributed by atoms with Crippen molar-refractivity contribution in [2.24, 2.45) is 0 Å². The summed E-state index contributed by atoms with van der Waals surface area (Å²) in [7, 11) is -9.23. The molecule has 0 unspecified atom stereocenters. The van der Waals surface area contributed by atoms with Gasteiger partial charge in [-0.15, -0.1) is 0 Å². The fraction of sp³-hybridized carbons (Fsp3) is 0.250. The Hall–Kier alpha value is -1.00. The van der Waals surface area contributed by atoms with E-state index in [1.807, 2.05) is 0 Å². The highest BCUT2D eigenvalue weighted by Crippen LogP contribution is 2.26. The number of nitrogens with one attached hydrogen (secondary N) is 1. The monoisotopic (exact) mass is 280 g/mol. The molecule has 0 aliphatic heterocycles. The Balaban J connectivity index is 3.80. The molecule has 3 N–H and O–H groups in total. The summed E-state index contributed by atoms with van der Waals surface area (Å²) < 4.78 is 62.0. The molecule has 95 valence electrons. The van der Waals surface area contributed by atoms with E-state index in [1.54, 1.807) is 0 Å². The molecule has 0 amide bonds. The van der Waals surface area contributed by atoms with Crippen molar-refractivity contribution in [3.8, 4) is 0 Å². The lowest BCUT2D eigenvalue weighted by Gasteiger charge is -2.11. The van der Waals surface area contributed by atoms with Crippen LogP contribution in [0.15, 0.2) is 21.9 Å². The van der Waals surface area contributed by atoms with Gasteiger partial charge in [0.2, 0.25) is 0 Å². The minimum atomic E-state index is -4.65. The molecule has 1 rings (SSSR count). The van der Waals surface area contributed by atoms with Gasteiger partial charge in [0, 0.05) is 6.54 Å². The van der Waals surface area contributed by atoms with Crippen molar-refractivity contribution < 1.29 is 25.9 Å². The zero-order valence-corrected chi connectivity index (χ0v) is 10.3. The van der Waals surface area contributed by atoms with Gasteiger partial charge in [0.25, 0.3) is 20.2 Å². The smallest absolute Gasteiger partial charge is 0.282 e.